The topological polar surface area (TPSA) is 125 Å². The molecule has 1 fully saturated rings. The molecule has 0 bridgehead atoms. The largest absolute Gasteiger partial charge is 0.382 e. The number of anilines is 3. The van der Waals surface area contributed by atoms with E-state index < -0.39 is 0 Å². The predicted octanol–water partition coefficient (Wildman–Crippen LogP) is 5.42. The predicted molar refractivity (Wildman–Crippen MR) is 162 cm³/mol. The van der Waals surface area contributed by atoms with Crippen LogP contribution in [0.3, 0.4) is 0 Å². The smallest absolute Gasteiger partial charge is 0.227 e. The van der Waals surface area contributed by atoms with Gasteiger partial charge in [-0.2, -0.15) is 0 Å². The molecule has 0 atom stereocenters. The van der Waals surface area contributed by atoms with E-state index in [0.717, 1.165) is 51.5 Å². The lowest BCUT2D eigenvalue weighted by Gasteiger charge is -2.25. The molecule has 0 aromatic carbocycles. The Balaban J connectivity index is 1.37. The number of aryl methyl sites for hydroxylation is 1. The Morgan fingerprint density at radius 2 is 2.08 bits per heavy atom. The Morgan fingerprint density at radius 3 is 2.83 bits per heavy atom. The van der Waals surface area contributed by atoms with Crippen LogP contribution >= 0.6 is 11.3 Å². The Kier molecular flexibility index (Phi) is 6.77. The number of nitrogens with one attached hydrogen (secondary N) is 2. The van der Waals surface area contributed by atoms with Crippen LogP contribution in [-0.2, 0) is 4.79 Å². The number of pyridine rings is 2. The van der Waals surface area contributed by atoms with Gasteiger partial charge in [0.15, 0.2) is 5.82 Å². The number of allylic oxidation sites excluding steroid dienone is 3. The van der Waals surface area contributed by atoms with Gasteiger partial charge in [-0.05, 0) is 51.0 Å². The van der Waals surface area contributed by atoms with Crippen molar-refractivity contribution in [2.75, 3.05) is 29.7 Å². The van der Waals surface area contributed by atoms with Gasteiger partial charge in [-0.1, -0.05) is 18.2 Å². The van der Waals surface area contributed by atoms with E-state index in [0.29, 0.717) is 29.7 Å². The average molecular weight is 551 g/mol. The quantitative estimate of drug-likeness (QED) is 0.264. The fraction of sp³-hybridized carbons (Fsp3) is 0.233. The van der Waals surface area contributed by atoms with Crippen LogP contribution in [0.5, 0.6) is 0 Å². The molecular weight excluding hydrogens is 520 g/mol. The molecule has 0 saturated heterocycles. The summed E-state index contributed by atoms with van der Waals surface area (Å²) in [6.45, 7) is 4.54. The van der Waals surface area contributed by atoms with Crippen molar-refractivity contribution in [2.45, 2.75) is 26.7 Å². The van der Waals surface area contributed by atoms with Crippen molar-refractivity contribution in [1.29, 1.82) is 0 Å². The number of H-pyrrole nitrogens is 1. The number of nitrogens with two attached hydrogens (primary N) is 1. The first-order valence-electron chi connectivity index (χ1n) is 13.2. The van der Waals surface area contributed by atoms with Crippen molar-refractivity contribution in [3.05, 3.63) is 87.9 Å². The third kappa shape index (κ3) is 5.05. The maximum Gasteiger partial charge on any atom is 0.227 e. The van der Waals surface area contributed by atoms with Gasteiger partial charge in [-0.25, -0.2) is 4.98 Å². The molecule has 4 aromatic heterocycles. The Morgan fingerprint density at radius 1 is 1.23 bits per heavy atom. The molecule has 1 aliphatic heterocycles. The van der Waals surface area contributed by atoms with Crippen LogP contribution in [-0.4, -0.2) is 45.3 Å². The zero-order chi connectivity index (χ0) is 27.8. The van der Waals surface area contributed by atoms with Crippen LogP contribution in [0, 0.1) is 12.8 Å². The molecule has 0 spiro atoms. The number of imidazole rings is 1. The maximum absolute atomic E-state index is 12.3. The Labute approximate surface area is 236 Å². The number of rotatable bonds is 7. The molecule has 6 rings (SSSR count). The fourth-order valence-corrected chi connectivity index (χ4v) is 5.54. The monoisotopic (exact) mass is 550 g/mol. The number of carbonyl (C=O) groups excluding carboxylic acids is 1. The highest BCUT2D eigenvalue weighted by atomic mass is 32.1. The van der Waals surface area contributed by atoms with Crippen molar-refractivity contribution in [3.63, 3.8) is 0 Å². The molecule has 0 radical (unpaired) electrons. The van der Waals surface area contributed by atoms with E-state index in [4.69, 9.17) is 20.7 Å². The molecule has 1 saturated carbocycles. The lowest BCUT2D eigenvalue weighted by molar-refractivity contribution is -0.117. The zero-order valence-corrected chi connectivity index (χ0v) is 23.4. The first-order chi connectivity index (χ1) is 19.4. The summed E-state index contributed by atoms with van der Waals surface area (Å²) in [4.78, 5) is 38.8. The average Bonchev–Trinajstić information content (AvgIpc) is 3.63. The van der Waals surface area contributed by atoms with Gasteiger partial charge in [0.25, 0.3) is 0 Å². The number of aromatic nitrogens is 4. The van der Waals surface area contributed by atoms with Gasteiger partial charge in [0.1, 0.15) is 18.2 Å². The Bertz CT molecular complexity index is 1690. The minimum absolute atomic E-state index is 0.0418. The van der Waals surface area contributed by atoms with E-state index in [1.54, 1.807) is 23.7 Å². The number of hydrogen-bond acceptors (Lipinski definition) is 8. The van der Waals surface area contributed by atoms with E-state index in [-0.39, 0.29) is 11.8 Å². The van der Waals surface area contributed by atoms with Crippen LogP contribution < -0.4 is 16.0 Å². The maximum atomic E-state index is 12.3. The third-order valence-corrected chi connectivity index (χ3v) is 7.96. The molecule has 9 nitrogen and oxygen atoms in total. The molecule has 2 aliphatic rings. The summed E-state index contributed by atoms with van der Waals surface area (Å²) in [7, 11) is 1.98. The van der Waals surface area contributed by atoms with Crippen molar-refractivity contribution in [3.8, 4) is 11.3 Å². The molecule has 4 N–H and O–H groups in total. The van der Waals surface area contributed by atoms with Crippen LogP contribution in [0.15, 0.2) is 66.1 Å². The van der Waals surface area contributed by atoms with Crippen molar-refractivity contribution in [1.82, 2.24) is 19.9 Å². The van der Waals surface area contributed by atoms with Gasteiger partial charge >= 0.3 is 0 Å². The molecule has 1 aliphatic carbocycles. The highest BCUT2D eigenvalue weighted by molar-refractivity contribution is 7.13. The SMILES string of the molecule is CC=C/C=C(/c1ccc(C)s1)c1[nH]c(C2=NCN(C)c3cnc(-c4cncc(NC(=O)C5CC5)c4)cc32)nc1N. The van der Waals surface area contributed by atoms with Crippen LogP contribution in [0.25, 0.3) is 16.8 Å². The second kappa shape index (κ2) is 10.5. The fourth-order valence-electron chi connectivity index (χ4n) is 4.64. The van der Waals surface area contributed by atoms with Crippen LogP contribution in [0.2, 0.25) is 0 Å². The zero-order valence-electron chi connectivity index (χ0n) is 22.6. The number of thiophene rings is 1. The van der Waals surface area contributed by atoms with Gasteiger partial charge in [0.2, 0.25) is 5.91 Å². The van der Waals surface area contributed by atoms with Gasteiger partial charge in [0.05, 0.1) is 35.2 Å². The van der Waals surface area contributed by atoms with E-state index in [2.05, 4.69) is 34.3 Å². The first kappa shape index (κ1) is 25.7. The summed E-state index contributed by atoms with van der Waals surface area (Å²) < 4.78 is 0. The van der Waals surface area contributed by atoms with Gasteiger partial charge in [0, 0.05) is 45.6 Å². The molecule has 10 heteroatoms. The lowest BCUT2D eigenvalue weighted by Crippen LogP contribution is -2.27. The normalized spacial score (nSPS) is 15.3. The minimum atomic E-state index is 0.0418. The van der Waals surface area contributed by atoms with Gasteiger partial charge < -0.3 is 20.9 Å². The second-order valence-corrected chi connectivity index (χ2v) is 11.3. The van der Waals surface area contributed by atoms with E-state index in [1.807, 2.05) is 55.4 Å². The van der Waals surface area contributed by atoms with Gasteiger partial charge in [-0.15, -0.1) is 11.3 Å². The minimum Gasteiger partial charge on any atom is -0.382 e. The van der Waals surface area contributed by atoms with Crippen molar-refractivity contribution in [2.24, 2.45) is 10.9 Å². The Hall–Kier alpha value is -4.57. The molecule has 202 valence electrons. The second-order valence-electron chi connectivity index (χ2n) is 10.0. The molecular formula is C30H30N8OS. The van der Waals surface area contributed by atoms with Crippen LogP contribution in [0.4, 0.5) is 17.2 Å². The summed E-state index contributed by atoms with van der Waals surface area (Å²) >= 11 is 1.71. The first-order valence-corrected chi connectivity index (χ1v) is 14.0. The van der Waals surface area contributed by atoms with E-state index >= 15 is 0 Å². The van der Waals surface area contributed by atoms with Crippen LogP contribution in [0.1, 0.15) is 46.6 Å². The van der Waals surface area contributed by atoms with Gasteiger partial charge in [-0.3, -0.25) is 19.8 Å². The number of hydrogen-bond donors (Lipinski definition) is 3. The standard InChI is InChI=1S/C30H30N8OS/c1-4-5-6-21(25-10-7-17(2)40-25)26-28(31)37-29(36-26)27-22-12-23(33-15-24(22)38(3)16-34-27)19-11-20(14-32-13-19)35-30(39)18-8-9-18/h4-7,10-15,18H,8-9,16,31H2,1-3H3,(H,35,39)(H,36,37)/b5-4?,21-6-. The molecule has 4 aromatic rings. The highest BCUT2D eigenvalue weighted by Gasteiger charge is 2.30. The summed E-state index contributed by atoms with van der Waals surface area (Å²) in [5.74, 6) is 1.17. The highest BCUT2D eigenvalue weighted by Crippen LogP contribution is 2.35. The third-order valence-electron chi connectivity index (χ3n) is 6.93. The summed E-state index contributed by atoms with van der Waals surface area (Å²) in [5.41, 5.74) is 13.0. The summed E-state index contributed by atoms with van der Waals surface area (Å²) in [6, 6.07) is 8.09. The summed E-state index contributed by atoms with van der Waals surface area (Å²) in [6.07, 6.45) is 13.2. The van der Waals surface area contributed by atoms with Crippen molar-refractivity contribution < 1.29 is 4.79 Å². The number of aliphatic imine (C=N–C) groups is 1. The summed E-state index contributed by atoms with van der Waals surface area (Å²) in [5, 5.41) is 2.97. The molecule has 1 amide bonds. The van der Waals surface area contributed by atoms with E-state index in [1.165, 1.54) is 4.88 Å². The van der Waals surface area contributed by atoms with Crippen molar-refractivity contribution >= 4 is 45.7 Å². The lowest BCUT2D eigenvalue weighted by atomic mass is 10.0. The number of fused-ring (bicyclic) bond motifs is 1. The number of nitrogens with zero attached hydrogens (tertiary/aromatic N) is 5. The number of aromatic amines is 1. The number of nitrogen functional groups attached to an aromatic ring is 1. The molecule has 40 heavy (non-hydrogen) atoms. The molecule has 5 heterocycles. The number of amides is 1. The van der Waals surface area contributed by atoms with E-state index in [9.17, 15) is 4.79 Å². The molecule has 0 unspecified atom stereocenters. The number of carbonyl (C=O) groups is 1.